The molecule has 1 aromatic heterocycles. The Morgan fingerprint density at radius 1 is 1.15 bits per heavy atom. The summed E-state index contributed by atoms with van der Waals surface area (Å²) in [5.74, 6) is 0.692. The molecule has 1 N–H and O–H groups in total. The number of benzene rings is 1. The first-order chi connectivity index (χ1) is 12.5. The predicted molar refractivity (Wildman–Crippen MR) is 104 cm³/mol. The molecular weight excluding hydrogens is 324 g/mol. The Labute approximate surface area is 155 Å². The van der Waals surface area contributed by atoms with Crippen molar-refractivity contribution >= 4 is 11.7 Å². The summed E-state index contributed by atoms with van der Waals surface area (Å²) in [4.78, 5) is 30.1. The van der Waals surface area contributed by atoms with Gasteiger partial charge in [-0.2, -0.15) is 0 Å². The Bertz CT molecular complexity index is 784. The van der Waals surface area contributed by atoms with Gasteiger partial charge in [-0.1, -0.05) is 37.3 Å². The van der Waals surface area contributed by atoms with E-state index in [0.29, 0.717) is 23.6 Å². The zero-order chi connectivity index (χ0) is 18.7. The molecule has 4 heteroatoms. The normalized spacial score (nSPS) is 15.3. The lowest BCUT2D eigenvalue weighted by Crippen LogP contribution is -2.39. The minimum absolute atomic E-state index is 0.0243. The van der Waals surface area contributed by atoms with Crippen LogP contribution in [0.15, 0.2) is 30.3 Å². The number of aromatic amines is 1. The Balaban J connectivity index is 1.67. The van der Waals surface area contributed by atoms with Gasteiger partial charge in [-0.05, 0) is 56.6 Å². The molecule has 3 rings (SSSR count). The number of ketones is 1. The Kier molecular flexibility index (Phi) is 5.60. The van der Waals surface area contributed by atoms with Crippen LogP contribution >= 0.6 is 0 Å². The number of nitrogens with one attached hydrogen (secondary N) is 1. The van der Waals surface area contributed by atoms with E-state index in [9.17, 15) is 9.59 Å². The van der Waals surface area contributed by atoms with E-state index < -0.39 is 0 Å². The number of hydrogen-bond donors (Lipinski definition) is 1. The van der Waals surface area contributed by atoms with Gasteiger partial charge in [0.25, 0.3) is 5.91 Å². The van der Waals surface area contributed by atoms with Crippen molar-refractivity contribution in [2.75, 3.05) is 13.1 Å². The molecule has 1 fully saturated rings. The summed E-state index contributed by atoms with van der Waals surface area (Å²) in [5.41, 5.74) is 4.34. The van der Waals surface area contributed by atoms with Crippen molar-refractivity contribution < 1.29 is 9.59 Å². The van der Waals surface area contributed by atoms with Crippen LogP contribution in [0.4, 0.5) is 0 Å². The molecule has 26 heavy (non-hydrogen) atoms. The third-order valence-electron chi connectivity index (χ3n) is 5.48. The smallest absolute Gasteiger partial charge is 0.270 e. The topological polar surface area (TPSA) is 53.2 Å². The molecule has 0 unspecified atom stereocenters. The van der Waals surface area contributed by atoms with Gasteiger partial charge < -0.3 is 9.88 Å². The van der Waals surface area contributed by atoms with Gasteiger partial charge in [-0.15, -0.1) is 0 Å². The lowest BCUT2D eigenvalue weighted by Gasteiger charge is -2.32. The molecule has 0 saturated carbocycles. The molecule has 1 amide bonds. The van der Waals surface area contributed by atoms with Crippen molar-refractivity contribution in [3.05, 3.63) is 58.4 Å². The van der Waals surface area contributed by atoms with Crippen LogP contribution in [0.3, 0.4) is 0 Å². The highest BCUT2D eigenvalue weighted by atomic mass is 16.2. The molecule has 1 aliphatic rings. The number of rotatable bonds is 5. The molecular formula is C22H28N2O2. The molecule has 0 atom stereocenters. The lowest BCUT2D eigenvalue weighted by atomic mass is 9.90. The van der Waals surface area contributed by atoms with Gasteiger partial charge >= 0.3 is 0 Å². The summed E-state index contributed by atoms with van der Waals surface area (Å²) in [6.45, 7) is 7.01. The number of Topliss-reactive ketones (excluding diaryl/α,β-unsaturated/α-hetero) is 1. The molecule has 0 spiro atoms. The van der Waals surface area contributed by atoms with Crippen LogP contribution in [0.25, 0.3) is 0 Å². The maximum Gasteiger partial charge on any atom is 0.270 e. The van der Waals surface area contributed by atoms with Gasteiger partial charge in [-0.25, -0.2) is 0 Å². The van der Waals surface area contributed by atoms with Crippen LogP contribution < -0.4 is 0 Å². The molecule has 0 radical (unpaired) electrons. The number of H-pyrrole nitrogens is 1. The van der Waals surface area contributed by atoms with Crippen LogP contribution in [-0.4, -0.2) is 34.7 Å². The molecule has 2 heterocycles. The van der Waals surface area contributed by atoms with Gasteiger partial charge in [0.1, 0.15) is 5.69 Å². The second kappa shape index (κ2) is 7.90. The fraction of sp³-hybridized carbons (Fsp3) is 0.455. The second-order valence-corrected chi connectivity index (χ2v) is 7.31. The highest BCUT2D eigenvalue weighted by Gasteiger charge is 2.28. The van der Waals surface area contributed by atoms with Crippen LogP contribution in [0.1, 0.15) is 64.4 Å². The molecule has 2 aromatic rings. The maximum atomic E-state index is 13.0. The quantitative estimate of drug-likeness (QED) is 0.821. The zero-order valence-electron chi connectivity index (χ0n) is 16.0. The molecule has 1 aliphatic heterocycles. The average molecular weight is 352 g/mol. The third-order valence-corrected chi connectivity index (χ3v) is 5.48. The van der Waals surface area contributed by atoms with Crippen molar-refractivity contribution in [3.63, 3.8) is 0 Å². The average Bonchev–Trinajstić information content (AvgIpc) is 2.99. The van der Waals surface area contributed by atoms with E-state index in [-0.39, 0.29) is 11.7 Å². The van der Waals surface area contributed by atoms with E-state index in [0.717, 1.165) is 43.6 Å². The van der Waals surface area contributed by atoms with Crippen LogP contribution in [0.2, 0.25) is 0 Å². The summed E-state index contributed by atoms with van der Waals surface area (Å²) >= 11 is 0. The first-order valence-electron chi connectivity index (χ1n) is 9.56. The number of carbonyl (C=O) groups is 2. The van der Waals surface area contributed by atoms with Crippen molar-refractivity contribution in [1.29, 1.82) is 0 Å². The molecule has 4 nitrogen and oxygen atoms in total. The van der Waals surface area contributed by atoms with Crippen molar-refractivity contribution in [2.45, 2.75) is 46.5 Å². The van der Waals surface area contributed by atoms with E-state index in [4.69, 9.17) is 0 Å². The maximum absolute atomic E-state index is 13.0. The molecule has 1 aromatic carbocycles. The van der Waals surface area contributed by atoms with Crippen LogP contribution in [-0.2, 0) is 12.8 Å². The van der Waals surface area contributed by atoms with Crippen molar-refractivity contribution in [2.24, 2.45) is 5.92 Å². The minimum Gasteiger partial charge on any atom is -0.354 e. The van der Waals surface area contributed by atoms with Gasteiger partial charge in [0.05, 0.1) is 0 Å². The van der Waals surface area contributed by atoms with Crippen molar-refractivity contribution in [1.82, 2.24) is 9.88 Å². The molecule has 138 valence electrons. The van der Waals surface area contributed by atoms with Crippen molar-refractivity contribution in [3.8, 4) is 0 Å². The first-order valence-corrected chi connectivity index (χ1v) is 9.56. The Hall–Kier alpha value is -2.36. The Morgan fingerprint density at radius 3 is 2.38 bits per heavy atom. The van der Waals surface area contributed by atoms with E-state index in [2.05, 4.69) is 29.2 Å². The second-order valence-electron chi connectivity index (χ2n) is 7.31. The van der Waals surface area contributed by atoms with E-state index in [1.54, 1.807) is 6.92 Å². The number of amides is 1. The first kappa shape index (κ1) is 18.4. The summed E-state index contributed by atoms with van der Waals surface area (Å²) in [7, 11) is 0. The molecule has 0 aliphatic carbocycles. The monoisotopic (exact) mass is 352 g/mol. The highest BCUT2D eigenvalue weighted by molar-refractivity contribution is 6.02. The molecule has 1 saturated heterocycles. The lowest BCUT2D eigenvalue weighted by molar-refractivity contribution is 0.0684. The SMILES string of the molecule is CCc1c(C(=O)N2CCC(Cc3ccccc3)CC2)[nH]c(C)c1C(C)=O. The van der Waals surface area contributed by atoms with Gasteiger partial charge in [-0.3, -0.25) is 9.59 Å². The van der Waals surface area contributed by atoms with Gasteiger partial charge in [0.15, 0.2) is 5.78 Å². The van der Waals surface area contributed by atoms with E-state index >= 15 is 0 Å². The number of aryl methyl sites for hydroxylation is 1. The summed E-state index contributed by atoms with van der Waals surface area (Å²) < 4.78 is 0. The highest BCUT2D eigenvalue weighted by Crippen LogP contribution is 2.26. The van der Waals surface area contributed by atoms with E-state index in [1.807, 2.05) is 24.8 Å². The minimum atomic E-state index is 0.0243. The largest absolute Gasteiger partial charge is 0.354 e. The third kappa shape index (κ3) is 3.74. The molecule has 0 bridgehead atoms. The fourth-order valence-electron chi connectivity index (χ4n) is 4.14. The number of carbonyl (C=O) groups excluding carboxylic acids is 2. The summed E-state index contributed by atoms with van der Waals surface area (Å²) in [6, 6.07) is 10.6. The number of aromatic nitrogens is 1. The summed E-state index contributed by atoms with van der Waals surface area (Å²) in [6.07, 6.45) is 3.83. The standard InChI is InChI=1S/C22H28N2O2/c1-4-19-20(16(3)25)15(2)23-21(19)22(26)24-12-10-18(11-13-24)14-17-8-6-5-7-9-17/h5-9,18,23H,4,10-14H2,1-3H3. The van der Waals surface area contributed by atoms with Gasteiger partial charge in [0, 0.05) is 24.3 Å². The van der Waals surface area contributed by atoms with E-state index in [1.165, 1.54) is 5.56 Å². The number of hydrogen-bond acceptors (Lipinski definition) is 2. The number of likely N-dealkylation sites (tertiary alicyclic amines) is 1. The van der Waals surface area contributed by atoms with Crippen LogP contribution in [0.5, 0.6) is 0 Å². The zero-order valence-corrected chi connectivity index (χ0v) is 16.0. The summed E-state index contributed by atoms with van der Waals surface area (Å²) in [5, 5.41) is 0. The predicted octanol–water partition coefficient (Wildman–Crippen LogP) is 4.18. The van der Waals surface area contributed by atoms with Crippen LogP contribution in [0, 0.1) is 12.8 Å². The van der Waals surface area contributed by atoms with Gasteiger partial charge in [0.2, 0.25) is 0 Å². The number of piperidine rings is 1. The fourth-order valence-corrected chi connectivity index (χ4v) is 4.14. The Morgan fingerprint density at radius 2 is 1.81 bits per heavy atom. The number of nitrogens with zero attached hydrogens (tertiary/aromatic N) is 1.